The highest BCUT2D eigenvalue weighted by atomic mass is 32.2. The molecule has 0 aromatic heterocycles. The molecule has 1 rings (SSSR count). The minimum atomic E-state index is -3.75. The summed E-state index contributed by atoms with van der Waals surface area (Å²) in [6.07, 6.45) is 0. The van der Waals surface area contributed by atoms with Crippen LogP contribution in [0.3, 0.4) is 0 Å². The zero-order chi connectivity index (χ0) is 15.6. The van der Waals surface area contributed by atoms with Gasteiger partial charge < -0.3 is 5.32 Å². The molecule has 0 aliphatic carbocycles. The van der Waals surface area contributed by atoms with E-state index in [0.717, 1.165) is 0 Å². The summed E-state index contributed by atoms with van der Waals surface area (Å²) in [6.45, 7) is 7.42. The Hall–Kier alpha value is -1.67. The van der Waals surface area contributed by atoms with E-state index in [-0.39, 0.29) is 16.3 Å². The van der Waals surface area contributed by atoms with Crippen molar-refractivity contribution in [2.45, 2.75) is 38.1 Å². The van der Waals surface area contributed by atoms with Gasteiger partial charge in [0.05, 0.1) is 10.6 Å². The Morgan fingerprint density at radius 3 is 2.35 bits per heavy atom. The van der Waals surface area contributed by atoms with Gasteiger partial charge in [-0.05, 0) is 33.8 Å². The van der Waals surface area contributed by atoms with E-state index in [1.807, 2.05) is 0 Å². The van der Waals surface area contributed by atoms with E-state index in [9.17, 15) is 18.5 Å². The lowest BCUT2D eigenvalue weighted by molar-refractivity contribution is -0.384. The summed E-state index contributed by atoms with van der Waals surface area (Å²) in [5.74, 6) is 0. The van der Waals surface area contributed by atoms with Gasteiger partial charge in [-0.25, -0.2) is 13.1 Å². The van der Waals surface area contributed by atoms with Gasteiger partial charge in [0.2, 0.25) is 10.0 Å². The lowest BCUT2D eigenvalue weighted by atomic mass is 10.1. The normalized spacial score (nSPS) is 12.2. The molecule has 1 aromatic carbocycles. The number of non-ortho nitro benzene ring substituents is 1. The predicted molar refractivity (Wildman–Crippen MR) is 77.3 cm³/mol. The number of nitrogens with one attached hydrogen (secondary N) is 2. The Morgan fingerprint density at radius 2 is 1.90 bits per heavy atom. The molecule has 2 N–H and O–H groups in total. The first-order chi connectivity index (χ1) is 9.07. The molecule has 0 amide bonds. The third kappa shape index (κ3) is 4.17. The van der Waals surface area contributed by atoms with Crippen LogP contribution in [0.1, 0.15) is 27.7 Å². The first-order valence-electron chi connectivity index (χ1n) is 6.13. The quantitative estimate of drug-likeness (QED) is 0.640. The van der Waals surface area contributed by atoms with Gasteiger partial charge in [-0.2, -0.15) is 0 Å². The highest BCUT2D eigenvalue weighted by Gasteiger charge is 2.25. The number of anilines is 1. The van der Waals surface area contributed by atoms with Crippen molar-refractivity contribution < 1.29 is 13.3 Å². The second-order valence-corrected chi connectivity index (χ2v) is 6.97. The van der Waals surface area contributed by atoms with E-state index in [0.29, 0.717) is 6.54 Å². The maximum Gasteiger partial charge on any atom is 0.271 e. The second kappa shape index (κ2) is 5.76. The predicted octanol–water partition coefficient (Wildman–Crippen LogP) is 2.10. The number of hydrogen-bond donors (Lipinski definition) is 2. The van der Waals surface area contributed by atoms with E-state index < -0.39 is 20.5 Å². The van der Waals surface area contributed by atoms with Crippen molar-refractivity contribution in [3.63, 3.8) is 0 Å². The Morgan fingerprint density at radius 1 is 1.30 bits per heavy atom. The van der Waals surface area contributed by atoms with Crippen molar-refractivity contribution in [2.24, 2.45) is 0 Å². The fourth-order valence-electron chi connectivity index (χ4n) is 1.65. The number of nitro benzene ring substituents is 1. The largest absolute Gasteiger partial charge is 0.384 e. The van der Waals surface area contributed by atoms with Crippen LogP contribution in [0.5, 0.6) is 0 Å². The van der Waals surface area contributed by atoms with Crippen LogP contribution in [-0.2, 0) is 10.0 Å². The summed E-state index contributed by atoms with van der Waals surface area (Å²) >= 11 is 0. The first kappa shape index (κ1) is 16.4. The van der Waals surface area contributed by atoms with Gasteiger partial charge in [-0.15, -0.1) is 0 Å². The summed E-state index contributed by atoms with van der Waals surface area (Å²) in [5.41, 5.74) is -0.571. The van der Waals surface area contributed by atoms with Gasteiger partial charge in [-0.1, -0.05) is 0 Å². The van der Waals surface area contributed by atoms with Crippen LogP contribution in [0.25, 0.3) is 0 Å². The summed E-state index contributed by atoms with van der Waals surface area (Å²) in [6, 6.07) is 3.64. The molecule has 0 spiro atoms. The van der Waals surface area contributed by atoms with Crippen molar-refractivity contribution in [1.82, 2.24) is 4.72 Å². The monoisotopic (exact) mass is 301 g/mol. The van der Waals surface area contributed by atoms with E-state index in [2.05, 4.69) is 10.0 Å². The molecule has 20 heavy (non-hydrogen) atoms. The number of sulfonamides is 1. The first-order valence-corrected chi connectivity index (χ1v) is 7.61. The second-order valence-electron chi connectivity index (χ2n) is 5.32. The molecule has 1 aromatic rings. The minimum Gasteiger partial charge on any atom is -0.384 e. The van der Waals surface area contributed by atoms with Gasteiger partial charge in [0.1, 0.15) is 4.90 Å². The molecule has 0 radical (unpaired) electrons. The Labute approximate surface area is 118 Å². The highest BCUT2D eigenvalue weighted by molar-refractivity contribution is 7.89. The molecule has 112 valence electrons. The molecular formula is C12H19N3O4S. The maximum absolute atomic E-state index is 12.3. The van der Waals surface area contributed by atoms with Gasteiger partial charge >= 0.3 is 0 Å². The topological polar surface area (TPSA) is 101 Å². The van der Waals surface area contributed by atoms with Gasteiger partial charge in [0.15, 0.2) is 0 Å². The molecule has 0 aliphatic heterocycles. The van der Waals surface area contributed by atoms with E-state index in [1.54, 1.807) is 27.7 Å². The number of hydrogen-bond acceptors (Lipinski definition) is 5. The molecule has 0 saturated carbocycles. The summed E-state index contributed by atoms with van der Waals surface area (Å²) in [7, 11) is -3.75. The third-order valence-electron chi connectivity index (χ3n) is 2.27. The lowest BCUT2D eigenvalue weighted by Crippen LogP contribution is -2.40. The van der Waals surface area contributed by atoms with Gasteiger partial charge in [-0.3, -0.25) is 10.1 Å². The average molecular weight is 301 g/mol. The molecule has 8 heteroatoms. The fraction of sp³-hybridized carbons (Fsp3) is 0.500. The number of benzene rings is 1. The van der Waals surface area contributed by atoms with Crippen LogP contribution >= 0.6 is 0 Å². The molecule has 0 heterocycles. The standard InChI is InChI=1S/C12H19N3O4S/c1-5-13-10-8-9(15(16)17)6-7-11(10)20(18,19)14-12(2,3)4/h6-8,13-14H,5H2,1-4H3. The summed E-state index contributed by atoms with van der Waals surface area (Å²) < 4.78 is 27.1. The summed E-state index contributed by atoms with van der Waals surface area (Å²) in [4.78, 5) is 10.2. The van der Waals surface area contributed by atoms with Crippen molar-refractivity contribution in [1.29, 1.82) is 0 Å². The molecule has 0 aliphatic rings. The van der Waals surface area contributed by atoms with Crippen molar-refractivity contribution >= 4 is 21.4 Å². The van der Waals surface area contributed by atoms with Crippen molar-refractivity contribution in [2.75, 3.05) is 11.9 Å². The van der Waals surface area contributed by atoms with Gasteiger partial charge in [0.25, 0.3) is 5.69 Å². The molecule has 0 atom stereocenters. The van der Waals surface area contributed by atoms with E-state index in [1.165, 1.54) is 18.2 Å². The summed E-state index contributed by atoms with van der Waals surface area (Å²) in [5, 5.41) is 13.6. The number of nitro groups is 1. The van der Waals surface area contributed by atoms with Crippen LogP contribution in [0.2, 0.25) is 0 Å². The molecule has 0 bridgehead atoms. The minimum absolute atomic E-state index is 0.000116. The highest BCUT2D eigenvalue weighted by Crippen LogP contribution is 2.27. The fourth-order valence-corrected chi connectivity index (χ4v) is 3.24. The molecule has 0 unspecified atom stereocenters. The van der Waals surface area contributed by atoms with Crippen LogP contribution < -0.4 is 10.0 Å². The average Bonchev–Trinajstić information content (AvgIpc) is 2.25. The van der Waals surface area contributed by atoms with Crippen molar-refractivity contribution in [3.05, 3.63) is 28.3 Å². The zero-order valence-corrected chi connectivity index (χ0v) is 12.7. The van der Waals surface area contributed by atoms with E-state index in [4.69, 9.17) is 0 Å². The number of nitrogens with zero attached hydrogens (tertiary/aromatic N) is 1. The Balaban J connectivity index is 3.33. The Bertz CT molecular complexity index is 606. The van der Waals surface area contributed by atoms with Crippen molar-refractivity contribution in [3.8, 4) is 0 Å². The van der Waals surface area contributed by atoms with Crippen LogP contribution in [0.4, 0.5) is 11.4 Å². The molecule has 0 saturated heterocycles. The SMILES string of the molecule is CCNc1cc([N+](=O)[O-])ccc1S(=O)(=O)NC(C)(C)C. The van der Waals surface area contributed by atoms with Gasteiger partial charge in [0, 0.05) is 24.2 Å². The number of rotatable bonds is 5. The molecular weight excluding hydrogens is 282 g/mol. The molecule has 7 nitrogen and oxygen atoms in total. The lowest BCUT2D eigenvalue weighted by Gasteiger charge is -2.21. The smallest absolute Gasteiger partial charge is 0.271 e. The van der Waals surface area contributed by atoms with E-state index >= 15 is 0 Å². The van der Waals surface area contributed by atoms with Crippen LogP contribution in [0.15, 0.2) is 23.1 Å². The molecule has 0 fully saturated rings. The third-order valence-corrected chi connectivity index (χ3v) is 4.09. The zero-order valence-electron chi connectivity index (χ0n) is 11.9. The maximum atomic E-state index is 12.3. The van der Waals surface area contributed by atoms with Crippen LogP contribution in [0, 0.1) is 10.1 Å². The Kier molecular flexibility index (Phi) is 4.72. The van der Waals surface area contributed by atoms with Crippen LogP contribution in [-0.4, -0.2) is 25.4 Å².